The molecule has 0 fully saturated rings. The molecule has 0 saturated heterocycles. The molecule has 6 heteroatoms. The Labute approximate surface area is 157 Å². The number of ether oxygens (including phenoxy) is 2. The van der Waals surface area contributed by atoms with Crippen molar-refractivity contribution in [1.82, 2.24) is 0 Å². The molecule has 0 spiro atoms. The summed E-state index contributed by atoms with van der Waals surface area (Å²) >= 11 is 0. The van der Waals surface area contributed by atoms with Crippen LogP contribution in [0.25, 0.3) is 11.1 Å². The summed E-state index contributed by atoms with van der Waals surface area (Å²) in [6, 6.07) is 9.11. The number of aryl methyl sites for hydroxylation is 1. The van der Waals surface area contributed by atoms with Gasteiger partial charge in [0.1, 0.15) is 11.5 Å². The first-order valence-corrected chi connectivity index (χ1v) is 8.78. The zero-order chi connectivity index (χ0) is 20.0. The van der Waals surface area contributed by atoms with Crippen molar-refractivity contribution in [2.24, 2.45) is 0 Å². The van der Waals surface area contributed by atoms with Gasteiger partial charge in [0.25, 0.3) is 5.78 Å². The number of benzene rings is 2. The molecule has 0 aliphatic rings. The molecule has 2 aromatic rings. The van der Waals surface area contributed by atoms with Crippen LogP contribution in [0.15, 0.2) is 36.4 Å². The van der Waals surface area contributed by atoms with Crippen molar-refractivity contribution < 1.29 is 27.4 Å². The number of unbranched alkanes of at least 4 members (excludes halogenated alkanes) is 2. The molecule has 0 aliphatic carbocycles. The predicted octanol–water partition coefficient (Wildman–Crippen LogP) is 5.85. The van der Waals surface area contributed by atoms with Crippen LogP contribution in [0.1, 0.15) is 42.1 Å². The summed E-state index contributed by atoms with van der Waals surface area (Å²) < 4.78 is 48.7. The van der Waals surface area contributed by atoms with E-state index in [4.69, 9.17) is 9.47 Å². The Hall–Kier alpha value is -2.50. The Kier molecular flexibility index (Phi) is 6.88. The van der Waals surface area contributed by atoms with Crippen LogP contribution in [0, 0.1) is 0 Å². The monoisotopic (exact) mass is 380 g/mol. The highest BCUT2D eigenvalue weighted by molar-refractivity contribution is 6.00. The van der Waals surface area contributed by atoms with Gasteiger partial charge in [-0.3, -0.25) is 4.79 Å². The van der Waals surface area contributed by atoms with E-state index in [0.29, 0.717) is 22.6 Å². The summed E-state index contributed by atoms with van der Waals surface area (Å²) in [6.07, 6.45) is -0.705. The van der Waals surface area contributed by atoms with E-state index in [1.165, 1.54) is 38.5 Å². The van der Waals surface area contributed by atoms with Crippen LogP contribution in [0.4, 0.5) is 13.2 Å². The van der Waals surface area contributed by atoms with Gasteiger partial charge in [0.15, 0.2) is 0 Å². The van der Waals surface area contributed by atoms with Gasteiger partial charge in [-0.1, -0.05) is 44.0 Å². The summed E-state index contributed by atoms with van der Waals surface area (Å²) in [7, 11) is 3.07. The highest BCUT2D eigenvalue weighted by atomic mass is 19.4. The third-order valence-electron chi connectivity index (χ3n) is 4.33. The molecule has 0 unspecified atom stereocenters. The Bertz CT molecular complexity index is 755. The fourth-order valence-corrected chi connectivity index (χ4v) is 2.93. The maximum atomic E-state index is 12.6. The summed E-state index contributed by atoms with van der Waals surface area (Å²) in [5, 5.41) is 0. The van der Waals surface area contributed by atoms with Crippen LogP contribution in [-0.2, 0) is 6.42 Å². The molecule has 0 aliphatic heterocycles. The van der Waals surface area contributed by atoms with Crippen LogP contribution < -0.4 is 9.47 Å². The number of hydrogen-bond acceptors (Lipinski definition) is 3. The van der Waals surface area contributed by atoms with E-state index in [9.17, 15) is 18.0 Å². The average Bonchev–Trinajstić information content (AvgIpc) is 2.66. The molecule has 0 saturated carbocycles. The number of rotatable bonds is 8. The van der Waals surface area contributed by atoms with E-state index in [2.05, 4.69) is 6.92 Å². The second-order valence-electron chi connectivity index (χ2n) is 6.24. The zero-order valence-electron chi connectivity index (χ0n) is 15.7. The number of carbonyl (C=O) groups excluding carboxylic acids is 1. The Morgan fingerprint density at radius 3 is 1.96 bits per heavy atom. The third kappa shape index (κ3) is 5.02. The smallest absolute Gasteiger partial charge is 0.454 e. The van der Waals surface area contributed by atoms with Crippen molar-refractivity contribution in [2.45, 2.75) is 38.8 Å². The molecule has 0 aromatic heterocycles. The van der Waals surface area contributed by atoms with E-state index in [-0.39, 0.29) is 0 Å². The first kappa shape index (κ1) is 20.8. The maximum absolute atomic E-state index is 12.6. The average molecular weight is 380 g/mol. The van der Waals surface area contributed by atoms with Gasteiger partial charge >= 0.3 is 6.18 Å². The van der Waals surface area contributed by atoms with Gasteiger partial charge in [-0.25, -0.2) is 0 Å². The van der Waals surface area contributed by atoms with Gasteiger partial charge in [-0.15, -0.1) is 0 Å². The molecule has 27 heavy (non-hydrogen) atoms. The van der Waals surface area contributed by atoms with E-state index >= 15 is 0 Å². The van der Waals surface area contributed by atoms with E-state index < -0.39 is 17.5 Å². The van der Waals surface area contributed by atoms with Crippen LogP contribution in [-0.4, -0.2) is 26.2 Å². The first-order valence-electron chi connectivity index (χ1n) is 8.78. The number of alkyl halides is 3. The minimum Gasteiger partial charge on any atom is -0.496 e. The van der Waals surface area contributed by atoms with Crippen molar-refractivity contribution in [1.29, 1.82) is 0 Å². The largest absolute Gasteiger partial charge is 0.496 e. The molecule has 0 radical (unpaired) electrons. The van der Waals surface area contributed by atoms with Crippen LogP contribution in [0.5, 0.6) is 11.5 Å². The summed E-state index contributed by atoms with van der Waals surface area (Å²) in [6.45, 7) is 2.14. The van der Waals surface area contributed by atoms with Gasteiger partial charge in [0.05, 0.1) is 19.8 Å². The molecule has 0 heterocycles. The quantitative estimate of drug-likeness (QED) is 0.426. The lowest BCUT2D eigenvalue weighted by molar-refractivity contribution is -0.0885. The second kappa shape index (κ2) is 8.93. The van der Waals surface area contributed by atoms with Gasteiger partial charge in [-0.05, 0) is 36.1 Å². The number of carbonyl (C=O) groups is 1. The van der Waals surface area contributed by atoms with E-state index in [0.717, 1.165) is 31.2 Å². The second-order valence-corrected chi connectivity index (χ2v) is 6.24. The molecule has 0 N–H and O–H groups in total. The number of methoxy groups -OCH3 is 2. The van der Waals surface area contributed by atoms with E-state index in [1.54, 1.807) is 0 Å². The van der Waals surface area contributed by atoms with Gasteiger partial charge < -0.3 is 9.47 Å². The summed E-state index contributed by atoms with van der Waals surface area (Å²) in [5.74, 6) is -0.703. The Morgan fingerprint density at radius 2 is 1.52 bits per heavy atom. The Balaban J connectivity index is 2.40. The fourth-order valence-electron chi connectivity index (χ4n) is 2.93. The molecule has 0 amide bonds. The minimum atomic E-state index is -4.89. The topological polar surface area (TPSA) is 35.5 Å². The van der Waals surface area contributed by atoms with Gasteiger partial charge in [0, 0.05) is 5.56 Å². The number of halogens is 3. The molecular weight excluding hydrogens is 357 g/mol. The first-order chi connectivity index (χ1) is 12.8. The number of Topliss-reactive ketones (excluding diaryl/α,β-unsaturated/α-hetero) is 1. The summed E-state index contributed by atoms with van der Waals surface area (Å²) in [4.78, 5) is 11.4. The SMILES string of the molecule is CCCCCc1cc(OC)c(-c2ccc(C(=O)C(F)(F)F)cc2)c(OC)c1. The molecule has 3 nitrogen and oxygen atoms in total. The van der Waals surface area contributed by atoms with Crippen molar-refractivity contribution in [3.05, 3.63) is 47.5 Å². The number of hydrogen-bond donors (Lipinski definition) is 0. The lowest BCUT2D eigenvalue weighted by Gasteiger charge is -2.16. The highest BCUT2D eigenvalue weighted by Gasteiger charge is 2.39. The van der Waals surface area contributed by atoms with Crippen molar-refractivity contribution in [3.8, 4) is 22.6 Å². The molecule has 0 bridgehead atoms. The lowest BCUT2D eigenvalue weighted by atomic mass is 9.97. The molecule has 2 aromatic carbocycles. The summed E-state index contributed by atoms with van der Waals surface area (Å²) in [5.41, 5.74) is 1.93. The van der Waals surface area contributed by atoms with Gasteiger partial charge in [-0.2, -0.15) is 13.2 Å². The van der Waals surface area contributed by atoms with Gasteiger partial charge in [0.2, 0.25) is 0 Å². The van der Waals surface area contributed by atoms with E-state index in [1.807, 2.05) is 12.1 Å². The van der Waals surface area contributed by atoms with Crippen molar-refractivity contribution in [3.63, 3.8) is 0 Å². The van der Waals surface area contributed by atoms with Crippen LogP contribution in [0.2, 0.25) is 0 Å². The van der Waals surface area contributed by atoms with Crippen LogP contribution in [0.3, 0.4) is 0 Å². The fraction of sp³-hybridized carbons (Fsp3) is 0.381. The highest BCUT2D eigenvalue weighted by Crippen LogP contribution is 2.40. The predicted molar refractivity (Wildman–Crippen MR) is 98.6 cm³/mol. The third-order valence-corrected chi connectivity index (χ3v) is 4.33. The number of ketones is 1. The maximum Gasteiger partial charge on any atom is 0.454 e. The van der Waals surface area contributed by atoms with Crippen LogP contribution >= 0.6 is 0 Å². The van der Waals surface area contributed by atoms with Crippen molar-refractivity contribution >= 4 is 5.78 Å². The Morgan fingerprint density at radius 1 is 0.963 bits per heavy atom. The lowest BCUT2D eigenvalue weighted by Crippen LogP contribution is -2.22. The molecule has 2 rings (SSSR count). The normalized spacial score (nSPS) is 11.3. The minimum absolute atomic E-state index is 0.402. The van der Waals surface area contributed by atoms with Crippen molar-refractivity contribution in [2.75, 3.05) is 14.2 Å². The zero-order valence-corrected chi connectivity index (χ0v) is 15.7. The molecule has 146 valence electrons. The molecular formula is C21H23F3O3. The molecule has 0 atom stereocenters. The standard InChI is InChI=1S/C21H23F3O3/c1-4-5-6-7-14-12-17(26-2)19(18(13-14)27-3)15-8-10-16(11-9-15)20(25)21(22,23)24/h8-13H,4-7H2,1-3H3.